The van der Waals surface area contributed by atoms with Gasteiger partial charge >= 0.3 is 0 Å². The molecule has 2 N–H and O–H groups in total. The standard InChI is InChI=1S/C14H19Cl2NOS/c15-10-7-8-11(16)14(9-10)19(18)13-6-4-2-1-3-5-12(13)17/h7-9,12-13H,1-6,17H2. The normalized spacial score (nSPS) is 26.5. The topological polar surface area (TPSA) is 43.1 Å². The van der Waals surface area contributed by atoms with Gasteiger partial charge in [-0.2, -0.15) is 0 Å². The minimum atomic E-state index is -1.18. The number of hydrogen-bond donors (Lipinski definition) is 1. The van der Waals surface area contributed by atoms with Crippen LogP contribution in [-0.4, -0.2) is 15.5 Å². The van der Waals surface area contributed by atoms with E-state index in [1.165, 1.54) is 12.8 Å². The summed E-state index contributed by atoms with van der Waals surface area (Å²) in [6, 6.07) is 5.09. The molecular weight excluding hydrogens is 301 g/mol. The molecule has 0 aliphatic heterocycles. The van der Waals surface area contributed by atoms with Crippen LogP contribution in [-0.2, 0) is 10.8 Å². The molecule has 3 atom stereocenters. The molecule has 5 heteroatoms. The highest BCUT2D eigenvalue weighted by atomic mass is 35.5. The molecule has 106 valence electrons. The summed E-state index contributed by atoms with van der Waals surface area (Å²) in [6.07, 6.45) is 6.47. The molecule has 3 unspecified atom stereocenters. The monoisotopic (exact) mass is 319 g/mol. The predicted octanol–water partition coefficient (Wildman–Crippen LogP) is 4.15. The first kappa shape index (κ1) is 15.3. The SMILES string of the molecule is NC1CCCCCCC1S(=O)c1cc(Cl)ccc1Cl. The van der Waals surface area contributed by atoms with Crippen molar-refractivity contribution in [2.24, 2.45) is 5.73 Å². The molecule has 2 nitrogen and oxygen atoms in total. The van der Waals surface area contributed by atoms with Gasteiger partial charge in [0.2, 0.25) is 0 Å². The Kier molecular flexibility index (Phi) is 5.70. The zero-order valence-corrected chi connectivity index (χ0v) is 13.1. The fourth-order valence-electron chi connectivity index (χ4n) is 2.54. The smallest absolute Gasteiger partial charge is 0.0592 e. The van der Waals surface area contributed by atoms with Crippen LogP contribution in [0.4, 0.5) is 0 Å². The number of hydrogen-bond acceptors (Lipinski definition) is 2. The number of halogens is 2. The van der Waals surface area contributed by atoms with Crippen molar-refractivity contribution in [3.63, 3.8) is 0 Å². The maximum Gasteiger partial charge on any atom is 0.0592 e. The van der Waals surface area contributed by atoms with Gasteiger partial charge in [-0.05, 0) is 31.0 Å². The zero-order valence-electron chi connectivity index (χ0n) is 10.8. The van der Waals surface area contributed by atoms with E-state index in [-0.39, 0.29) is 11.3 Å². The molecule has 1 aromatic rings. The molecule has 0 radical (unpaired) electrons. The Morgan fingerprint density at radius 1 is 1.11 bits per heavy atom. The number of rotatable bonds is 2. The molecule has 1 aromatic carbocycles. The molecule has 0 amide bonds. The summed E-state index contributed by atoms with van der Waals surface area (Å²) < 4.78 is 12.7. The van der Waals surface area contributed by atoms with Crippen molar-refractivity contribution in [3.8, 4) is 0 Å². The summed E-state index contributed by atoms with van der Waals surface area (Å²) in [4.78, 5) is 0.621. The number of nitrogens with two attached hydrogens (primary N) is 1. The van der Waals surface area contributed by atoms with E-state index < -0.39 is 10.8 Å². The van der Waals surface area contributed by atoms with Crippen LogP contribution in [0, 0.1) is 0 Å². The third-order valence-electron chi connectivity index (χ3n) is 3.64. The van der Waals surface area contributed by atoms with Gasteiger partial charge in [0.15, 0.2) is 0 Å². The third kappa shape index (κ3) is 3.94. The van der Waals surface area contributed by atoms with Crippen molar-refractivity contribution in [2.45, 2.75) is 54.7 Å². The van der Waals surface area contributed by atoms with Crippen LogP contribution in [0.3, 0.4) is 0 Å². The molecule has 0 heterocycles. The first-order valence-electron chi connectivity index (χ1n) is 6.71. The van der Waals surface area contributed by atoms with E-state index in [1.54, 1.807) is 18.2 Å². The quantitative estimate of drug-likeness (QED) is 0.889. The minimum Gasteiger partial charge on any atom is -0.327 e. The minimum absolute atomic E-state index is 0.0173. The Morgan fingerprint density at radius 3 is 2.53 bits per heavy atom. The Labute approximate surface area is 127 Å². The maximum absolute atomic E-state index is 12.7. The van der Waals surface area contributed by atoms with Gasteiger partial charge in [0, 0.05) is 11.1 Å². The van der Waals surface area contributed by atoms with Crippen LogP contribution in [0.1, 0.15) is 38.5 Å². The van der Waals surface area contributed by atoms with Gasteiger partial charge in [-0.1, -0.05) is 48.9 Å². The van der Waals surface area contributed by atoms with Gasteiger partial charge in [-0.15, -0.1) is 0 Å². The van der Waals surface area contributed by atoms with Gasteiger partial charge in [-0.25, -0.2) is 0 Å². The first-order chi connectivity index (χ1) is 9.09. The van der Waals surface area contributed by atoms with Crippen molar-refractivity contribution in [3.05, 3.63) is 28.2 Å². The van der Waals surface area contributed by atoms with Crippen LogP contribution in [0.2, 0.25) is 10.0 Å². The Bertz CT molecular complexity index is 467. The second-order valence-electron chi connectivity index (χ2n) is 5.07. The molecule has 0 bridgehead atoms. The molecular formula is C14H19Cl2NOS. The molecule has 0 spiro atoms. The second kappa shape index (κ2) is 7.07. The summed E-state index contributed by atoms with van der Waals surface area (Å²) >= 11 is 12.1. The molecule has 0 aromatic heterocycles. The van der Waals surface area contributed by atoms with Crippen molar-refractivity contribution >= 4 is 34.0 Å². The average molecular weight is 320 g/mol. The zero-order chi connectivity index (χ0) is 13.8. The summed E-state index contributed by atoms with van der Waals surface area (Å²) in [7, 11) is -1.18. The Hall–Kier alpha value is -0.0900. The second-order valence-corrected chi connectivity index (χ2v) is 7.55. The first-order valence-corrected chi connectivity index (χ1v) is 8.67. The van der Waals surface area contributed by atoms with Crippen molar-refractivity contribution in [1.29, 1.82) is 0 Å². The van der Waals surface area contributed by atoms with Gasteiger partial charge < -0.3 is 5.73 Å². The molecule has 0 saturated heterocycles. The van der Waals surface area contributed by atoms with E-state index in [4.69, 9.17) is 28.9 Å². The van der Waals surface area contributed by atoms with E-state index in [0.717, 1.165) is 25.7 Å². The summed E-state index contributed by atoms with van der Waals surface area (Å²) in [5, 5.41) is 1.06. The van der Waals surface area contributed by atoms with E-state index in [2.05, 4.69) is 0 Å². The highest BCUT2D eigenvalue weighted by Gasteiger charge is 2.27. The van der Waals surface area contributed by atoms with Crippen LogP contribution >= 0.6 is 23.2 Å². The van der Waals surface area contributed by atoms with Gasteiger partial charge in [0.1, 0.15) is 0 Å². The van der Waals surface area contributed by atoms with Crippen molar-refractivity contribution in [2.75, 3.05) is 0 Å². The van der Waals surface area contributed by atoms with Crippen LogP contribution in [0.5, 0.6) is 0 Å². The molecule has 1 aliphatic rings. The molecule has 1 aliphatic carbocycles. The molecule has 2 rings (SSSR count). The van der Waals surface area contributed by atoms with E-state index in [1.807, 2.05) is 0 Å². The Balaban J connectivity index is 2.22. The summed E-state index contributed by atoms with van der Waals surface area (Å²) in [5.41, 5.74) is 6.21. The maximum atomic E-state index is 12.7. The highest BCUT2D eigenvalue weighted by Crippen LogP contribution is 2.29. The molecule has 1 saturated carbocycles. The number of benzene rings is 1. The van der Waals surface area contributed by atoms with Crippen molar-refractivity contribution < 1.29 is 4.21 Å². The van der Waals surface area contributed by atoms with E-state index >= 15 is 0 Å². The van der Waals surface area contributed by atoms with E-state index in [9.17, 15) is 4.21 Å². The average Bonchev–Trinajstić information content (AvgIpc) is 2.36. The lowest BCUT2D eigenvalue weighted by Gasteiger charge is -2.26. The van der Waals surface area contributed by atoms with E-state index in [0.29, 0.717) is 14.9 Å². The highest BCUT2D eigenvalue weighted by molar-refractivity contribution is 7.85. The lowest BCUT2D eigenvalue weighted by atomic mass is 9.97. The summed E-state index contributed by atoms with van der Waals surface area (Å²) in [6.45, 7) is 0. The lowest BCUT2D eigenvalue weighted by molar-refractivity contribution is 0.456. The lowest BCUT2D eigenvalue weighted by Crippen LogP contribution is -2.38. The third-order valence-corrected chi connectivity index (χ3v) is 6.22. The van der Waals surface area contributed by atoms with Crippen LogP contribution < -0.4 is 5.73 Å². The molecule has 19 heavy (non-hydrogen) atoms. The predicted molar refractivity (Wildman–Crippen MR) is 82.3 cm³/mol. The fraction of sp³-hybridized carbons (Fsp3) is 0.571. The molecule has 1 fully saturated rings. The van der Waals surface area contributed by atoms with Gasteiger partial charge in [0.05, 0.1) is 26.0 Å². The van der Waals surface area contributed by atoms with Crippen LogP contribution in [0.25, 0.3) is 0 Å². The Morgan fingerprint density at radius 2 is 1.79 bits per heavy atom. The van der Waals surface area contributed by atoms with Crippen LogP contribution in [0.15, 0.2) is 23.1 Å². The summed E-state index contributed by atoms with van der Waals surface area (Å²) in [5.74, 6) is 0. The van der Waals surface area contributed by atoms with Gasteiger partial charge in [-0.3, -0.25) is 4.21 Å². The largest absolute Gasteiger partial charge is 0.327 e. The van der Waals surface area contributed by atoms with Crippen molar-refractivity contribution in [1.82, 2.24) is 0 Å². The van der Waals surface area contributed by atoms with Gasteiger partial charge in [0.25, 0.3) is 0 Å². The fourth-order valence-corrected chi connectivity index (χ4v) is 4.79.